The van der Waals surface area contributed by atoms with Crippen molar-refractivity contribution in [1.82, 2.24) is 9.97 Å². The van der Waals surface area contributed by atoms with Crippen LogP contribution in [0.4, 0.5) is 0 Å². The number of aryl methyl sites for hydroxylation is 2. The predicted octanol–water partition coefficient (Wildman–Crippen LogP) is 13.4. The molecule has 0 amide bonds. The van der Waals surface area contributed by atoms with E-state index >= 15 is 0 Å². The Bertz CT molecular complexity index is 1560. The van der Waals surface area contributed by atoms with Gasteiger partial charge in [-0.05, 0) is 74.2 Å². The SMILES string of the molecule is CCCCCCc1ccc(-c2ccc(-c3cnc(-c4ncc(-c5ccc(-c6ccc(CCCCCC)s6)s5)s4)s3)s2)s1. The number of unbranched alkanes of at least 4 members (excludes halogenated alkanes) is 6. The molecule has 6 rings (SSSR count). The van der Waals surface area contributed by atoms with Crippen molar-refractivity contribution in [1.29, 1.82) is 0 Å². The summed E-state index contributed by atoms with van der Waals surface area (Å²) in [6.07, 6.45) is 17.0. The molecule has 0 aliphatic rings. The summed E-state index contributed by atoms with van der Waals surface area (Å²) >= 11 is 11.1. The van der Waals surface area contributed by atoms with Gasteiger partial charge in [0, 0.05) is 51.4 Å². The van der Waals surface area contributed by atoms with Crippen molar-refractivity contribution in [2.75, 3.05) is 0 Å². The van der Waals surface area contributed by atoms with E-state index in [0.717, 1.165) is 10.0 Å². The van der Waals surface area contributed by atoms with Gasteiger partial charge in [-0.15, -0.1) is 68.0 Å². The van der Waals surface area contributed by atoms with Gasteiger partial charge in [-0.2, -0.15) is 0 Å². The molecule has 2 nitrogen and oxygen atoms in total. The number of thiophene rings is 4. The predicted molar refractivity (Wildman–Crippen MR) is 192 cm³/mol. The maximum Gasteiger partial charge on any atom is 0.152 e. The van der Waals surface area contributed by atoms with Crippen molar-refractivity contribution in [3.8, 4) is 49.0 Å². The van der Waals surface area contributed by atoms with E-state index in [2.05, 4.69) is 62.4 Å². The summed E-state index contributed by atoms with van der Waals surface area (Å²) in [5, 5.41) is 2.01. The summed E-state index contributed by atoms with van der Waals surface area (Å²) in [5.74, 6) is 0. The van der Waals surface area contributed by atoms with Crippen LogP contribution in [0.2, 0.25) is 0 Å². The average molecular weight is 665 g/mol. The Labute approximate surface area is 273 Å². The molecular formula is C34H36N2S6. The van der Waals surface area contributed by atoms with Crippen molar-refractivity contribution in [3.63, 3.8) is 0 Å². The highest BCUT2D eigenvalue weighted by Gasteiger charge is 2.15. The Kier molecular flexibility index (Phi) is 10.5. The van der Waals surface area contributed by atoms with E-state index in [1.165, 1.54) is 113 Å². The van der Waals surface area contributed by atoms with Gasteiger partial charge in [-0.3, -0.25) is 0 Å². The molecule has 8 heteroatoms. The fourth-order valence-corrected chi connectivity index (χ4v) is 11.2. The van der Waals surface area contributed by atoms with E-state index in [-0.39, 0.29) is 0 Å². The van der Waals surface area contributed by atoms with Crippen LogP contribution in [0.1, 0.15) is 75.0 Å². The van der Waals surface area contributed by atoms with Crippen LogP contribution in [0.5, 0.6) is 0 Å². The molecule has 0 N–H and O–H groups in total. The first-order valence-corrected chi connectivity index (χ1v) is 19.9. The molecule has 0 fully saturated rings. The lowest BCUT2D eigenvalue weighted by molar-refractivity contribution is 0.670. The summed E-state index contributed by atoms with van der Waals surface area (Å²) in [5.41, 5.74) is 0. The van der Waals surface area contributed by atoms with Gasteiger partial charge in [-0.25, -0.2) is 9.97 Å². The summed E-state index contributed by atoms with van der Waals surface area (Å²) in [4.78, 5) is 23.0. The molecule has 0 aliphatic heterocycles. The van der Waals surface area contributed by atoms with E-state index < -0.39 is 0 Å². The number of nitrogens with zero attached hydrogens (tertiary/aromatic N) is 2. The maximum atomic E-state index is 4.78. The van der Waals surface area contributed by atoms with E-state index in [9.17, 15) is 0 Å². The van der Waals surface area contributed by atoms with Crippen molar-refractivity contribution >= 4 is 68.0 Å². The lowest BCUT2D eigenvalue weighted by Gasteiger charge is -1.96. The van der Waals surface area contributed by atoms with Crippen LogP contribution in [0.25, 0.3) is 49.0 Å². The monoisotopic (exact) mass is 664 g/mol. The van der Waals surface area contributed by atoms with Gasteiger partial charge >= 0.3 is 0 Å². The quantitative estimate of drug-likeness (QED) is 0.102. The maximum absolute atomic E-state index is 4.78. The van der Waals surface area contributed by atoms with Crippen LogP contribution in [0, 0.1) is 0 Å². The van der Waals surface area contributed by atoms with Crippen LogP contribution in [-0.2, 0) is 12.8 Å². The number of aromatic nitrogens is 2. The lowest BCUT2D eigenvalue weighted by atomic mass is 10.1. The topological polar surface area (TPSA) is 25.8 Å². The molecule has 6 aromatic rings. The molecule has 0 bridgehead atoms. The summed E-state index contributed by atoms with van der Waals surface area (Å²) in [6.45, 7) is 4.55. The third-order valence-electron chi connectivity index (χ3n) is 7.25. The Balaban J connectivity index is 1.09. The molecule has 0 unspecified atom stereocenters. The molecule has 6 aromatic heterocycles. The standard InChI is InChI=1S/C34H36N2S6/c1-3-5-7-9-11-23-13-15-25(37-23)27-17-19-29(39-27)31-21-35-33(41-31)34-36-22-32(42-34)30-20-18-28(40-30)26-16-14-24(38-26)12-10-8-6-4-2/h13-22H,3-12H2,1-2H3. The second kappa shape index (κ2) is 14.7. The zero-order valence-corrected chi connectivity index (χ0v) is 29.1. The summed E-state index contributed by atoms with van der Waals surface area (Å²) < 4.78 is 0. The molecule has 0 radical (unpaired) electrons. The molecule has 0 saturated carbocycles. The van der Waals surface area contributed by atoms with E-state index in [1.54, 1.807) is 22.7 Å². The van der Waals surface area contributed by atoms with Crippen molar-refractivity contribution in [3.05, 3.63) is 70.7 Å². The smallest absolute Gasteiger partial charge is 0.152 e. The number of rotatable bonds is 15. The zero-order valence-electron chi connectivity index (χ0n) is 24.2. The van der Waals surface area contributed by atoms with Crippen molar-refractivity contribution < 1.29 is 0 Å². The molecule has 0 saturated heterocycles. The van der Waals surface area contributed by atoms with Crippen molar-refractivity contribution in [2.45, 2.75) is 78.1 Å². The molecule has 6 heterocycles. The van der Waals surface area contributed by atoms with Crippen LogP contribution in [0.3, 0.4) is 0 Å². The highest BCUT2D eigenvalue weighted by molar-refractivity contribution is 7.30. The first kappa shape index (κ1) is 30.1. The second-order valence-electron chi connectivity index (χ2n) is 10.5. The van der Waals surface area contributed by atoms with Crippen LogP contribution in [0.15, 0.2) is 60.9 Å². The Morgan fingerprint density at radius 1 is 0.405 bits per heavy atom. The van der Waals surface area contributed by atoms with Crippen LogP contribution in [-0.4, -0.2) is 9.97 Å². The minimum Gasteiger partial charge on any atom is -0.241 e. The van der Waals surface area contributed by atoms with Gasteiger partial charge in [0.05, 0.1) is 9.75 Å². The van der Waals surface area contributed by atoms with Gasteiger partial charge in [0.2, 0.25) is 0 Å². The highest BCUT2D eigenvalue weighted by Crippen LogP contribution is 2.44. The largest absolute Gasteiger partial charge is 0.241 e. The minimum absolute atomic E-state index is 1.00. The molecule has 0 aliphatic carbocycles. The molecular weight excluding hydrogens is 629 g/mol. The Hall–Kier alpha value is -1.94. The molecule has 42 heavy (non-hydrogen) atoms. The van der Waals surface area contributed by atoms with Gasteiger partial charge in [-0.1, -0.05) is 52.4 Å². The second-order valence-corrected chi connectivity index (χ2v) is 17.1. The molecule has 0 aromatic carbocycles. The fraction of sp³-hybridized carbons (Fsp3) is 0.353. The third-order valence-corrected chi connectivity index (χ3v) is 14.6. The van der Waals surface area contributed by atoms with Gasteiger partial charge in [0.15, 0.2) is 10.0 Å². The summed E-state index contributed by atoms with van der Waals surface area (Å²) in [6, 6.07) is 18.3. The molecule has 0 spiro atoms. The fourth-order valence-electron chi connectivity index (χ4n) is 4.92. The zero-order chi connectivity index (χ0) is 28.7. The van der Waals surface area contributed by atoms with E-state index in [1.807, 2.05) is 57.7 Å². The lowest BCUT2D eigenvalue weighted by Crippen LogP contribution is -1.80. The first-order valence-electron chi connectivity index (χ1n) is 15.0. The van der Waals surface area contributed by atoms with Gasteiger partial charge in [0.1, 0.15) is 0 Å². The van der Waals surface area contributed by atoms with Crippen LogP contribution >= 0.6 is 68.0 Å². The van der Waals surface area contributed by atoms with E-state index in [0.29, 0.717) is 0 Å². The Morgan fingerprint density at radius 3 is 1.21 bits per heavy atom. The normalized spacial score (nSPS) is 11.6. The third kappa shape index (κ3) is 7.40. The van der Waals surface area contributed by atoms with Crippen LogP contribution < -0.4 is 0 Å². The highest BCUT2D eigenvalue weighted by atomic mass is 32.1. The number of thiazole rings is 2. The molecule has 218 valence electrons. The van der Waals surface area contributed by atoms with Gasteiger partial charge in [0.25, 0.3) is 0 Å². The van der Waals surface area contributed by atoms with E-state index in [4.69, 9.17) is 9.97 Å². The van der Waals surface area contributed by atoms with Crippen molar-refractivity contribution in [2.24, 2.45) is 0 Å². The first-order chi connectivity index (χ1) is 20.7. The Morgan fingerprint density at radius 2 is 0.786 bits per heavy atom. The number of hydrogen-bond acceptors (Lipinski definition) is 8. The summed E-state index contributed by atoms with van der Waals surface area (Å²) in [7, 11) is 0. The van der Waals surface area contributed by atoms with Gasteiger partial charge < -0.3 is 0 Å². The molecule has 0 atom stereocenters. The minimum atomic E-state index is 1.00. The average Bonchev–Trinajstić information content (AvgIpc) is 3.83. The number of hydrogen-bond donors (Lipinski definition) is 0.